The fourth-order valence-electron chi connectivity index (χ4n) is 1.24. The largest absolute Gasteiger partial charge is 0.399 e. The molecular weight excluding hydrogens is 238 g/mol. The molecule has 0 bridgehead atoms. The number of rotatable bonds is 6. The number of nitrogen functional groups attached to an aromatic ring is 1. The lowest BCUT2D eigenvalue weighted by Crippen LogP contribution is -2.07. The van der Waals surface area contributed by atoms with Crippen molar-refractivity contribution in [3.05, 3.63) is 28.3 Å². The third-order valence-electron chi connectivity index (χ3n) is 1.96. The maximum atomic E-state index is 10.8. The van der Waals surface area contributed by atoms with E-state index in [1.165, 1.54) is 12.1 Å². The first-order chi connectivity index (χ1) is 8.15. The van der Waals surface area contributed by atoms with Crippen LogP contribution in [0.1, 0.15) is 0 Å². The van der Waals surface area contributed by atoms with Gasteiger partial charge in [-0.15, -0.1) is 18.2 Å². The van der Waals surface area contributed by atoms with E-state index in [9.17, 15) is 10.1 Å². The summed E-state index contributed by atoms with van der Waals surface area (Å²) in [4.78, 5) is 10.3. The van der Waals surface area contributed by atoms with Gasteiger partial charge >= 0.3 is 0 Å². The van der Waals surface area contributed by atoms with Gasteiger partial charge < -0.3 is 11.1 Å². The van der Waals surface area contributed by atoms with Crippen molar-refractivity contribution in [3.8, 4) is 12.3 Å². The fourth-order valence-corrected chi connectivity index (χ4v) is 1.75. The van der Waals surface area contributed by atoms with Crippen LogP contribution in [0.3, 0.4) is 0 Å². The molecule has 90 valence electrons. The van der Waals surface area contributed by atoms with Crippen LogP contribution in [0.15, 0.2) is 18.2 Å². The van der Waals surface area contributed by atoms with Gasteiger partial charge in [0.2, 0.25) is 0 Å². The Labute approximate surface area is 104 Å². The topological polar surface area (TPSA) is 81.2 Å². The van der Waals surface area contributed by atoms with Crippen LogP contribution in [0.5, 0.6) is 0 Å². The monoisotopic (exact) mass is 251 g/mol. The summed E-state index contributed by atoms with van der Waals surface area (Å²) in [5.41, 5.74) is 6.55. The smallest absolute Gasteiger partial charge is 0.292 e. The number of nitro benzene ring substituents is 1. The molecule has 0 aromatic heterocycles. The van der Waals surface area contributed by atoms with Gasteiger partial charge in [-0.25, -0.2) is 0 Å². The first-order valence-electron chi connectivity index (χ1n) is 4.94. The molecule has 0 saturated heterocycles. The molecule has 6 heteroatoms. The molecular formula is C11H13N3O2S. The number of thioether (sulfide) groups is 1. The molecule has 1 aromatic carbocycles. The van der Waals surface area contributed by atoms with Crippen molar-refractivity contribution in [2.24, 2.45) is 0 Å². The zero-order valence-electron chi connectivity index (χ0n) is 9.18. The SMILES string of the molecule is C#CCSCCNc1cc(N)ccc1[N+](=O)[O-]. The number of nitrogens with zero attached hydrogens (tertiary/aromatic N) is 1. The maximum absolute atomic E-state index is 10.8. The van der Waals surface area contributed by atoms with E-state index in [1.807, 2.05) is 0 Å². The normalized spacial score (nSPS) is 9.59. The van der Waals surface area contributed by atoms with Gasteiger partial charge in [-0.1, -0.05) is 5.92 Å². The second-order valence-electron chi connectivity index (χ2n) is 3.22. The quantitative estimate of drug-likeness (QED) is 0.265. The average Bonchev–Trinajstić information content (AvgIpc) is 2.28. The summed E-state index contributed by atoms with van der Waals surface area (Å²) in [6.07, 6.45) is 5.11. The lowest BCUT2D eigenvalue weighted by atomic mass is 10.2. The Bertz CT molecular complexity index is 443. The van der Waals surface area contributed by atoms with Crippen LogP contribution in [-0.2, 0) is 0 Å². The molecule has 0 spiro atoms. The van der Waals surface area contributed by atoms with E-state index in [0.717, 1.165) is 5.75 Å². The van der Waals surface area contributed by atoms with Crippen molar-refractivity contribution >= 4 is 28.8 Å². The summed E-state index contributed by atoms with van der Waals surface area (Å²) >= 11 is 1.59. The summed E-state index contributed by atoms with van der Waals surface area (Å²) in [5, 5.41) is 13.7. The molecule has 0 atom stereocenters. The number of nitrogens with one attached hydrogen (secondary N) is 1. The van der Waals surface area contributed by atoms with Gasteiger partial charge in [-0.2, -0.15) is 0 Å². The molecule has 3 N–H and O–H groups in total. The van der Waals surface area contributed by atoms with Crippen LogP contribution in [0, 0.1) is 22.5 Å². The van der Waals surface area contributed by atoms with Gasteiger partial charge in [-0.3, -0.25) is 10.1 Å². The molecule has 0 fully saturated rings. The molecule has 0 heterocycles. The molecule has 0 aliphatic carbocycles. The Balaban J connectivity index is 2.60. The van der Waals surface area contributed by atoms with Crippen molar-refractivity contribution in [1.29, 1.82) is 0 Å². The highest BCUT2D eigenvalue weighted by Gasteiger charge is 2.12. The van der Waals surface area contributed by atoms with Crippen LogP contribution in [0.4, 0.5) is 17.1 Å². The first kappa shape index (κ1) is 13.2. The number of terminal acetylenes is 1. The van der Waals surface area contributed by atoms with E-state index < -0.39 is 4.92 Å². The Morgan fingerprint density at radius 1 is 1.59 bits per heavy atom. The van der Waals surface area contributed by atoms with Gasteiger partial charge in [0.15, 0.2) is 0 Å². The molecule has 0 aliphatic heterocycles. The maximum Gasteiger partial charge on any atom is 0.292 e. The number of anilines is 2. The number of benzene rings is 1. The zero-order valence-corrected chi connectivity index (χ0v) is 10.00. The predicted octanol–water partition coefficient (Wildman–Crippen LogP) is 1.96. The van der Waals surface area contributed by atoms with E-state index in [2.05, 4.69) is 11.2 Å². The van der Waals surface area contributed by atoms with Gasteiger partial charge in [0, 0.05) is 24.1 Å². The fraction of sp³-hybridized carbons (Fsp3) is 0.273. The second kappa shape index (κ2) is 6.66. The molecule has 5 nitrogen and oxygen atoms in total. The summed E-state index contributed by atoms with van der Waals surface area (Å²) in [7, 11) is 0. The van der Waals surface area contributed by atoms with Crippen LogP contribution in [0.25, 0.3) is 0 Å². The Hall–Kier alpha value is -1.87. The van der Waals surface area contributed by atoms with Gasteiger partial charge in [0.1, 0.15) is 5.69 Å². The standard InChI is InChI=1S/C11H13N3O2S/c1-2-6-17-7-5-13-10-8-9(12)3-4-11(10)14(15)16/h1,3-4,8,13H,5-7,12H2. The van der Waals surface area contributed by atoms with Gasteiger partial charge in [0.25, 0.3) is 5.69 Å². The van der Waals surface area contributed by atoms with Crippen LogP contribution < -0.4 is 11.1 Å². The average molecular weight is 251 g/mol. The second-order valence-corrected chi connectivity index (χ2v) is 4.32. The highest BCUT2D eigenvalue weighted by molar-refractivity contribution is 7.99. The van der Waals surface area contributed by atoms with Gasteiger partial charge in [0.05, 0.1) is 10.7 Å². The number of hydrogen-bond donors (Lipinski definition) is 2. The number of nitro groups is 1. The van der Waals surface area contributed by atoms with Crippen LogP contribution in [-0.4, -0.2) is 23.0 Å². The number of nitrogens with two attached hydrogens (primary N) is 1. The predicted molar refractivity (Wildman–Crippen MR) is 72.2 cm³/mol. The van der Waals surface area contributed by atoms with E-state index >= 15 is 0 Å². The molecule has 0 unspecified atom stereocenters. The highest BCUT2D eigenvalue weighted by Crippen LogP contribution is 2.26. The summed E-state index contributed by atoms with van der Waals surface area (Å²) in [5.74, 6) is 3.94. The van der Waals surface area contributed by atoms with Crippen molar-refractivity contribution in [1.82, 2.24) is 0 Å². The molecule has 1 aromatic rings. The van der Waals surface area contributed by atoms with Crippen molar-refractivity contribution < 1.29 is 4.92 Å². The lowest BCUT2D eigenvalue weighted by molar-refractivity contribution is -0.383. The van der Waals surface area contributed by atoms with Crippen molar-refractivity contribution in [2.45, 2.75) is 0 Å². The molecule has 0 amide bonds. The van der Waals surface area contributed by atoms with Gasteiger partial charge in [-0.05, 0) is 12.1 Å². The zero-order chi connectivity index (χ0) is 12.7. The van der Waals surface area contributed by atoms with Crippen molar-refractivity contribution in [2.75, 3.05) is 29.1 Å². The van der Waals surface area contributed by atoms with E-state index in [1.54, 1.807) is 17.8 Å². The Morgan fingerprint density at radius 3 is 3.00 bits per heavy atom. The minimum Gasteiger partial charge on any atom is -0.399 e. The summed E-state index contributed by atoms with van der Waals surface area (Å²) in [6.45, 7) is 0.608. The summed E-state index contributed by atoms with van der Waals surface area (Å²) in [6, 6.07) is 4.46. The van der Waals surface area contributed by atoms with E-state index in [-0.39, 0.29) is 5.69 Å². The van der Waals surface area contributed by atoms with Crippen molar-refractivity contribution in [3.63, 3.8) is 0 Å². The third-order valence-corrected chi connectivity index (χ3v) is 2.83. The van der Waals surface area contributed by atoms with Crippen LogP contribution in [0.2, 0.25) is 0 Å². The molecule has 0 aliphatic rings. The molecule has 0 radical (unpaired) electrons. The minimum absolute atomic E-state index is 0.0288. The molecule has 17 heavy (non-hydrogen) atoms. The molecule has 0 saturated carbocycles. The Kier molecular flexibility index (Phi) is 5.17. The summed E-state index contributed by atoms with van der Waals surface area (Å²) < 4.78 is 0. The highest BCUT2D eigenvalue weighted by atomic mass is 32.2. The number of hydrogen-bond acceptors (Lipinski definition) is 5. The third kappa shape index (κ3) is 4.25. The van der Waals surface area contributed by atoms with E-state index in [0.29, 0.717) is 23.7 Å². The minimum atomic E-state index is -0.434. The Morgan fingerprint density at radius 2 is 2.35 bits per heavy atom. The van der Waals surface area contributed by atoms with E-state index in [4.69, 9.17) is 12.2 Å². The lowest BCUT2D eigenvalue weighted by Gasteiger charge is -2.07. The van der Waals surface area contributed by atoms with Crippen LogP contribution >= 0.6 is 11.8 Å². The molecule has 1 rings (SSSR count). The first-order valence-corrected chi connectivity index (χ1v) is 6.09.